The van der Waals surface area contributed by atoms with E-state index in [4.69, 9.17) is 4.42 Å². The second kappa shape index (κ2) is 8.02. The summed E-state index contributed by atoms with van der Waals surface area (Å²) in [6.07, 6.45) is 8.63. The summed E-state index contributed by atoms with van der Waals surface area (Å²) in [5, 5.41) is 8.67. The number of hydrogen-bond acceptors (Lipinski definition) is 4. The smallest absolute Gasteiger partial charge is 0.227 e. The maximum atomic E-state index is 12.7. The van der Waals surface area contributed by atoms with Gasteiger partial charge in [0.05, 0.1) is 12.3 Å². The van der Waals surface area contributed by atoms with Gasteiger partial charge in [-0.05, 0) is 31.2 Å². The molecule has 0 spiro atoms. The van der Waals surface area contributed by atoms with Gasteiger partial charge in [0.25, 0.3) is 0 Å². The highest BCUT2D eigenvalue weighted by Crippen LogP contribution is 2.34. The lowest BCUT2D eigenvalue weighted by Gasteiger charge is -2.31. The highest BCUT2D eigenvalue weighted by Gasteiger charge is 2.29. The van der Waals surface area contributed by atoms with E-state index in [0.717, 1.165) is 49.6 Å². The van der Waals surface area contributed by atoms with Crippen molar-refractivity contribution in [2.45, 2.75) is 63.2 Å². The van der Waals surface area contributed by atoms with Crippen molar-refractivity contribution in [3.05, 3.63) is 47.7 Å². The number of carbonyl (C=O) groups is 1. The van der Waals surface area contributed by atoms with Gasteiger partial charge in [-0.25, -0.2) is 0 Å². The van der Waals surface area contributed by atoms with Crippen LogP contribution >= 0.6 is 0 Å². The first-order valence-corrected chi connectivity index (χ1v) is 9.94. The topological polar surface area (TPSA) is 59.2 Å². The minimum absolute atomic E-state index is 0.174. The minimum atomic E-state index is 0.174. The largest absolute Gasteiger partial charge is 0.425 e. The fraction of sp³-hybridized carbons (Fsp3) is 0.571. The monoisotopic (exact) mass is 353 g/mol. The summed E-state index contributed by atoms with van der Waals surface area (Å²) in [5.41, 5.74) is 1.07. The molecule has 0 N–H and O–H groups in total. The van der Waals surface area contributed by atoms with E-state index in [-0.39, 0.29) is 11.8 Å². The van der Waals surface area contributed by atoms with Gasteiger partial charge in [-0.2, -0.15) is 0 Å². The number of aromatic nitrogens is 2. The van der Waals surface area contributed by atoms with E-state index in [9.17, 15) is 4.79 Å². The average Bonchev–Trinajstić information content (AvgIpc) is 3.20. The van der Waals surface area contributed by atoms with Gasteiger partial charge in [0.15, 0.2) is 0 Å². The molecule has 1 aliphatic heterocycles. The van der Waals surface area contributed by atoms with Gasteiger partial charge < -0.3 is 9.32 Å². The average molecular weight is 353 g/mol. The van der Waals surface area contributed by atoms with Crippen molar-refractivity contribution >= 4 is 5.91 Å². The van der Waals surface area contributed by atoms with E-state index in [1.165, 1.54) is 19.3 Å². The predicted octanol–water partition coefficient (Wildman–Crippen LogP) is 4.07. The Hall–Kier alpha value is -2.17. The van der Waals surface area contributed by atoms with E-state index >= 15 is 0 Å². The van der Waals surface area contributed by atoms with E-state index in [2.05, 4.69) is 10.2 Å². The first-order valence-electron chi connectivity index (χ1n) is 9.94. The predicted molar refractivity (Wildman–Crippen MR) is 98.8 cm³/mol. The number of hydrogen-bond donors (Lipinski definition) is 0. The number of rotatable bonds is 4. The molecule has 1 aromatic carbocycles. The third kappa shape index (κ3) is 3.97. The van der Waals surface area contributed by atoms with Crippen LogP contribution in [0.25, 0.3) is 0 Å². The molecule has 26 heavy (non-hydrogen) atoms. The molecular weight excluding hydrogens is 326 g/mol. The Kier molecular flexibility index (Phi) is 5.32. The Balaban J connectivity index is 1.39. The van der Waals surface area contributed by atoms with Crippen LogP contribution < -0.4 is 0 Å². The van der Waals surface area contributed by atoms with E-state index in [1.54, 1.807) is 0 Å². The molecule has 4 rings (SSSR count). The zero-order valence-electron chi connectivity index (χ0n) is 15.3. The second-order valence-corrected chi connectivity index (χ2v) is 7.65. The molecule has 2 heterocycles. The summed E-state index contributed by atoms with van der Waals surface area (Å²) in [7, 11) is 0. The summed E-state index contributed by atoms with van der Waals surface area (Å²) in [6.45, 7) is 1.52. The number of amides is 1. The van der Waals surface area contributed by atoms with Crippen molar-refractivity contribution in [2.75, 3.05) is 13.1 Å². The molecule has 2 aliphatic rings. The van der Waals surface area contributed by atoms with Crippen LogP contribution in [0.4, 0.5) is 0 Å². The lowest BCUT2D eigenvalue weighted by molar-refractivity contribution is -0.131. The molecule has 1 saturated heterocycles. The normalized spacial score (nSPS) is 21.7. The Labute approximate surface area is 154 Å². The fourth-order valence-corrected chi connectivity index (χ4v) is 4.21. The molecular formula is C21H27N3O2. The Morgan fingerprint density at radius 1 is 0.962 bits per heavy atom. The van der Waals surface area contributed by atoms with Crippen molar-refractivity contribution in [2.24, 2.45) is 0 Å². The molecule has 138 valence electrons. The number of nitrogens with zero attached hydrogens (tertiary/aromatic N) is 3. The molecule has 5 heteroatoms. The molecule has 0 bridgehead atoms. The zero-order valence-corrected chi connectivity index (χ0v) is 15.3. The molecule has 0 radical (unpaired) electrons. The van der Waals surface area contributed by atoms with Gasteiger partial charge >= 0.3 is 0 Å². The van der Waals surface area contributed by atoms with Crippen LogP contribution in [0, 0.1) is 0 Å². The molecule has 1 aliphatic carbocycles. The minimum Gasteiger partial charge on any atom is -0.425 e. The van der Waals surface area contributed by atoms with Gasteiger partial charge in [0.1, 0.15) is 0 Å². The summed E-state index contributed by atoms with van der Waals surface area (Å²) in [5.74, 6) is 2.33. The second-order valence-electron chi connectivity index (χ2n) is 7.65. The number of likely N-dealkylation sites (tertiary alicyclic amines) is 1. The SMILES string of the molecule is O=C(Cc1ccccc1)N1CCCC(c2nnc(C3CCCCC3)o2)C1. The molecule has 2 fully saturated rings. The van der Waals surface area contributed by atoms with E-state index < -0.39 is 0 Å². The summed E-state index contributed by atoms with van der Waals surface area (Å²) in [6, 6.07) is 9.95. The van der Waals surface area contributed by atoms with Crippen molar-refractivity contribution in [1.29, 1.82) is 0 Å². The van der Waals surface area contributed by atoms with Gasteiger partial charge in [-0.15, -0.1) is 10.2 Å². The van der Waals surface area contributed by atoms with Gasteiger partial charge in [-0.3, -0.25) is 4.79 Å². The molecule has 1 amide bonds. The molecule has 1 unspecified atom stereocenters. The van der Waals surface area contributed by atoms with Crippen LogP contribution in [0.15, 0.2) is 34.7 Å². The van der Waals surface area contributed by atoms with E-state index in [1.807, 2.05) is 35.2 Å². The maximum Gasteiger partial charge on any atom is 0.227 e. The molecule has 1 saturated carbocycles. The number of piperidine rings is 1. The summed E-state index contributed by atoms with van der Waals surface area (Å²) in [4.78, 5) is 14.6. The van der Waals surface area contributed by atoms with Crippen LogP contribution in [-0.2, 0) is 11.2 Å². The van der Waals surface area contributed by atoms with Gasteiger partial charge in [0, 0.05) is 19.0 Å². The number of carbonyl (C=O) groups excluding carboxylic acids is 1. The van der Waals surface area contributed by atoms with Crippen LogP contribution in [0.1, 0.15) is 74.1 Å². The summed E-state index contributed by atoms with van der Waals surface area (Å²) < 4.78 is 6.05. The van der Waals surface area contributed by atoms with Crippen molar-refractivity contribution in [3.8, 4) is 0 Å². The lowest BCUT2D eigenvalue weighted by Crippen LogP contribution is -2.40. The Morgan fingerprint density at radius 2 is 1.65 bits per heavy atom. The van der Waals surface area contributed by atoms with Crippen LogP contribution in [0.2, 0.25) is 0 Å². The van der Waals surface area contributed by atoms with Crippen LogP contribution in [0.5, 0.6) is 0 Å². The Bertz CT molecular complexity index is 722. The zero-order chi connectivity index (χ0) is 17.8. The standard InChI is InChI=1S/C21H27N3O2/c25-19(14-16-8-3-1-4-9-16)24-13-7-12-18(15-24)21-23-22-20(26-21)17-10-5-2-6-11-17/h1,3-4,8-9,17-18H,2,5-7,10-15H2. The molecule has 1 atom stereocenters. The van der Waals surface area contributed by atoms with Crippen molar-refractivity contribution in [1.82, 2.24) is 15.1 Å². The van der Waals surface area contributed by atoms with Gasteiger partial charge in [-0.1, -0.05) is 49.6 Å². The molecule has 5 nitrogen and oxygen atoms in total. The first-order chi connectivity index (χ1) is 12.8. The molecule has 1 aromatic heterocycles. The maximum absolute atomic E-state index is 12.7. The quantitative estimate of drug-likeness (QED) is 0.831. The fourth-order valence-electron chi connectivity index (χ4n) is 4.21. The first kappa shape index (κ1) is 17.3. The molecule has 2 aromatic rings. The highest BCUT2D eigenvalue weighted by molar-refractivity contribution is 5.78. The van der Waals surface area contributed by atoms with Crippen molar-refractivity contribution in [3.63, 3.8) is 0 Å². The number of benzene rings is 1. The lowest BCUT2D eigenvalue weighted by atomic mass is 9.89. The summed E-state index contributed by atoms with van der Waals surface area (Å²) >= 11 is 0. The third-order valence-corrected chi connectivity index (χ3v) is 5.73. The Morgan fingerprint density at radius 3 is 2.42 bits per heavy atom. The third-order valence-electron chi connectivity index (χ3n) is 5.73. The van der Waals surface area contributed by atoms with Crippen molar-refractivity contribution < 1.29 is 9.21 Å². The van der Waals surface area contributed by atoms with Crippen LogP contribution in [-0.4, -0.2) is 34.1 Å². The van der Waals surface area contributed by atoms with Gasteiger partial charge in [0.2, 0.25) is 17.7 Å². The van der Waals surface area contributed by atoms with E-state index in [0.29, 0.717) is 18.9 Å². The highest BCUT2D eigenvalue weighted by atomic mass is 16.4. The van der Waals surface area contributed by atoms with Crippen LogP contribution in [0.3, 0.4) is 0 Å².